The minimum Gasteiger partial charge on any atom is -0.295 e. The Morgan fingerprint density at radius 2 is 2.26 bits per heavy atom. The molecule has 0 unspecified atom stereocenters. The highest BCUT2D eigenvalue weighted by Gasteiger charge is 2.27. The summed E-state index contributed by atoms with van der Waals surface area (Å²) in [6, 6.07) is 4.87. The summed E-state index contributed by atoms with van der Waals surface area (Å²) in [5.41, 5.74) is 1.50. The maximum Gasteiger partial charge on any atom is 0.233 e. The van der Waals surface area contributed by atoms with Gasteiger partial charge < -0.3 is 0 Å². The van der Waals surface area contributed by atoms with Crippen LogP contribution in [0.5, 0.6) is 0 Å². The minimum absolute atomic E-state index is 0.276. The quantitative estimate of drug-likeness (QED) is 0.746. The Bertz CT molecular complexity index is 568. The Labute approximate surface area is 127 Å². The molecule has 0 atom stereocenters. The summed E-state index contributed by atoms with van der Waals surface area (Å²) < 4.78 is 14.0. The lowest BCUT2D eigenvalue weighted by Crippen LogP contribution is -2.31. The Hall–Kier alpha value is -1.13. The number of rotatable bonds is 3. The molecule has 1 aromatic rings. The zero-order valence-electron chi connectivity index (χ0n) is 9.91. The highest BCUT2D eigenvalue weighted by Crippen LogP contribution is 2.34. The van der Waals surface area contributed by atoms with Gasteiger partial charge in [-0.05, 0) is 40.5 Å². The molecule has 0 spiro atoms. The fourth-order valence-corrected chi connectivity index (χ4v) is 2.97. The minimum atomic E-state index is -0.325. The van der Waals surface area contributed by atoms with Crippen LogP contribution < -0.4 is 4.90 Å². The number of hydrogen-bond donors (Lipinski definition) is 0. The van der Waals surface area contributed by atoms with Gasteiger partial charge in [-0.1, -0.05) is 15.9 Å². The highest BCUT2D eigenvalue weighted by molar-refractivity contribution is 9.10. The number of anilines is 1. The van der Waals surface area contributed by atoms with Crippen molar-refractivity contribution in [3.63, 3.8) is 0 Å². The van der Waals surface area contributed by atoms with E-state index in [1.165, 1.54) is 12.1 Å². The number of benzene rings is 1. The van der Waals surface area contributed by atoms with E-state index in [0.29, 0.717) is 23.0 Å². The number of halogens is 3. The largest absolute Gasteiger partial charge is 0.295 e. The van der Waals surface area contributed by atoms with Gasteiger partial charge in [0, 0.05) is 16.3 Å². The van der Waals surface area contributed by atoms with Gasteiger partial charge in [0.25, 0.3) is 0 Å². The van der Waals surface area contributed by atoms with Crippen LogP contribution in [0.2, 0.25) is 0 Å². The summed E-state index contributed by atoms with van der Waals surface area (Å²) >= 11 is 6.68. The van der Waals surface area contributed by atoms with Crippen molar-refractivity contribution in [2.45, 2.75) is 5.33 Å². The molecule has 1 aromatic carbocycles. The van der Waals surface area contributed by atoms with E-state index in [1.807, 2.05) is 6.07 Å². The third-order valence-electron chi connectivity index (χ3n) is 2.68. The van der Waals surface area contributed by atoms with Gasteiger partial charge in [-0.25, -0.2) is 4.39 Å². The molecule has 7 heteroatoms. The van der Waals surface area contributed by atoms with Gasteiger partial charge in [-0.15, -0.1) is 5.10 Å². The Kier molecular flexibility index (Phi) is 4.42. The Morgan fingerprint density at radius 3 is 2.84 bits per heavy atom. The van der Waals surface area contributed by atoms with Crippen LogP contribution in [0, 0.1) is 24.1 Å². The number of nitrogens with zero attached hydrogens (tertiary/aromatic N) is 4. The number of nitriles is 1. The molecule has 4 nitrogen and oxygen atoms in total. The second kappa shape index (κ2) is 5.88. The zero-order chi connectivity index (χ0) is 14.0. The summed E-state index contributed by atoms with van der Waals surface area (Å²) in [5.74, 6) is -0.0492. The molecule has 1 aliphatic rings. The van der Waals surface area contributed by atoms with Crippen molar-refractivity contribution in [3.8, 4) is 6.07 Å². The Balaban J connectivity index is 2.49. The van der Waals surface area contributed by atoms with Gasteiger partial charge in [0.2, 0.25) is 5.84 Å². The number of alkyl halides is 1. The third kappa shape index (κ3) is 2.74. The maximum absolute atomic E-state index is 13.4. The van der Waals surface area contributed by atoms with E-state index < -0.39 is 0 Å². The average Bonchev–Trinajstić information content (AvgIpc) is 2.80. The smallest absolute Gasteiger partial charge is 0.233 e. The van der Waals surface area contributed by atoms with Crippen molar-refractivity contribution in [1.29, 1.82) is 5.26 Å². The van der Waals surface area contributed by atoms with Crippen molar-refractivity contribution < 1.29 is 4.39 Å². The van der Waals surface area contributed by atoms with Crippen molar-refractivity contribution in [2.75, 3.05) is 18.1 Å². The fraction of sp³-hybridized carbons (Fsp3) is 0.250. The summed E-state index contributed by atoms with van der Waals surface area (Å²) in [6.45, 7) is 4.64. The van der Waals surface area contributed by atoms with Gasteiger partial charge in [0.15, 0.2) is 0 Å². The standard InChI is InChI=1S/C12H10Br2FN4/c1-2-18-7-19(11(6-16)17-18)12-8(5-13)3-9(15)4-10(12)14/h3-4H,1-2,5,7H2. The lowest BCUT2D eigenvalue weighted by atomic mass is 10.2. The monoisotopic (exact) mass is 387 g/mol. The first-order chi connectivity index (χ1) is 9.10. The maximum atomic E-state index is 13.4. The van der Waals surface area contributed by atoms with Crippen LogP contribution in [0.3, 0.4) is 0 Å². The van der Waals surface area contributed by atoms with Crippen LogP contribution in [0.15, 0.2) is 21.7 Å². The molecule has 2 rings (SSSR count). The van der Waals surface area contributed by atoms with Gasteiger partial charge in [0.1, 0.15) is 18.6 Å². The van der Waals surface area contributed by atoms with Crippen LogP contribution in [0.4, 0.5) is 10.1 Å². The average molecular weight is 389 g/mol. The summed E-state index contributed by atoms with van der Waals surface area (Å²) in [6.07, 6.45) is 0. The van der Waals surface area contributed by atoms with Crippen LogP contribution in [-0.2, 0) is 5.33 Å². The van der Waals surface area contributed by atoms with E-state index in [2.05, 4.69) is 43.9 Å². The van der Waals surface area contributed by atoms with Crippen molar-refractivity contribution >= 4 is 43.4 Å². The second-order valence-corrected chi connectivity index (χ2v) is 5.28. The summed E-state index contributed by atoms with van der Waals surface area (Å²) in [7, 11) is 0. The molecular weight excluding hydrogens is 379 g/mol. The lowest BCUT2D eigenvalue weighted by Gasteiger charge is -2.22. The molecule has 0 fully saturated rings. The predicted molar refractivity (Wildman–Crippen MR) is 79.2 cm³/mol. The molecule has 1 radical (unpaired) electrons. The normalized spacial score (nSPS) is 14.6. The van der Waals surface area contributed by atoms with Gasteiger partial charge in [-0.3, -0.25) is 9.91 Å². The van der Waals surface area contributed by atoms with Crippen LogP contribution >= 0.6 is 31.9 Å². The molecule has 99 valence electrons. The topological polar surface area (TPSA) is 42.6 Å². The summed E-state index contributed by atoms with van der Waals surface area (Å²) in [5, 5.41) is 15.5. The molecule has 1 heterocycles. The molecule has 0 aromatic heterocycles. The van der Waals surface area contributed by atoms with E-state index in [-0.39, 0.29) is 11.7 Å². The van der Waals surface area contributed by atoms with E-state index >= 15 is 0 Å². The van der Waals surface area contributed by atoms with Crippen molar-refractivity contribution in [2.24, 2.45) is 5.10 Å². The van der Waals surface area contributed by atoms with Gasteiger partial charge in [0.05, 0.1) is 5.69 Å². The molecule has 19 heavy (non-hydrogen) atoms. The molecule has 0 saturated carbocycles. The second-order valence-electron chi connectivity index (χ2n) is 3.86. The number of amidine groups is 1. The summed E-state index contributed by atoms with van der Waals surface area (Å²) in [4.78, 5) is 1.74. The zero-order valence-corrected chi connectivity index (χ0v) is 13.1. The SMILES string of the molecule is [CH2]CN1CN(c2c(Br)cc(F)cc2CBr)C(C#N)=N1. The van der Waals surface area contributed by atoms with E-state index in [9.17, 15) is 4.39 Å². The molecule has 0 amide bonds. The van der Waals surface area contributed by atoms with E-state index in [4.69, 9.17) is 5.26 Å². The number of hydrazone groups is 1. The van der Waals surface area contributed by atoms with E-state index in [0.717, 1.165) is 11.3 Å². The number of hydrogen-bond acceptors (Lipinski definition) is 4. The first kappa shape index (κ1) is 14.3. The molecule has 0 saturated heterocycles. The van der Waals surface area contributed by atoms with Gasteiger partial charge >= 0.3 is 0 Å². The highest BCUT2D eigenvalue weighted by atomic mass is 79.9. The molecule has 0 aliphatic carbocycles. The fourth-order valence-electron chi connectivity index (χ4n) is 1.85. The van der Waals surface area contributed by atoms with E-state index in [1.54, 1.807) is 9.91 Å². The first-order valence-electron chi connectivity index (χ1n) is 5.45. The first-order valence-corrected chi connectivity index (χ1v) is 7.36. The molecule has 1 aliphatic heterocycles. The van der Waals surface area contributed by atoms with Crippen LogP contribution in [-0.4, -0.2) is 24.1 Å². The van der Waals surface area contributed by atoms with Crippen LogP contribution in [0.25, 0.3) is 0 Å². The lowest BCUT2D eigenvalue weighted by molar-refractivity contribution is 0.353. The molecule has 0 N–H and O–H groups in total. The molecule has 0 bridgehead atoms. The van der Waals surface area contributed by atoms with Crippen molar-refractivity contribution in [3.05, 3.63) is 34.9 Å². The third-order valence-corrected chi connectivity index (χ3v) is 3.88. The van der Waals surface area contributed by atoms with Crippen molar-refractivity contribution in [1.82, 2.24) is 5.01 Å². The van der Waals surface area contributed by atoms with Crippen LogP contribution in [0.1, 0.15) is 5.56 Å². The Morgan fingerprint density at radius 1 is 1.53 bits per heavy atom. The molecular formula is C12H10Br2FN4. The van der Waals surface area contributed by atoms with Gasteiger partial charge in [-0.2, -0.15) is 5.26 Å². The predicted octanol–water partition coefficient (Wildman–Crippen LogP) is 3.23.